The van der Waals surface area contributed by atoms with Crippen molar-refractivity contribution >= 4 is 23.1 Å². The van der Waals surface area contributed by atoms with E-state index in [4.69, 9.17) is 0 Å². The Morgan fingerprint density at radius 1 is 1.35 bits per heavy atom. The fourth-order valence-corrected chi connectivity index (χ4v) is 2.70. The summed E-state index contributed by atoms with van der Waals surface area (Å²) in [6.45, 7) is 5.03. The van der Waals surface area contributed by atoms with Gasteiger partial charge in [-0.05, 0) is 38.1 Å². The normalized spacial score (nSPS) is 14.6. The third kappa shape index (κ3) is 3.48. The Hall–Kier alpha value is -1.62. The van der Waals surface area contributed by atoms with E-state index in [-0.39, 0.29) is 0 Å². The van der Waals surface area contributed by atoms with E-state index in [0.29, 0.717) is 12.0 Å². The van der Waals surface area contributed by atoms with Crippen LogP contribution in [0, 0.1) is 0 Å². The van der Waals surface area contributed by atoms with Gasteiger partial charge in [0.05, 0.1) is 12.2 Å². The van der Waals surface area contributed by atoms with Gasteiger partial charge in [-0.25, -0.2) is 4.98 Å². The molecular formula is C15H20N4S. The summed E-state index contributed by atoms with van der Waals surface area (Å²) in [6.07, 6.45) is 2.50. The van der Waals surface area contributed by atoms with Gasteiger partial charge >= 0.3 is 0 Å². The molecule has 20 heavy (non-hydrogen) atoms. The standard InChI is InChI=1S/C15H20N4S/c1-10(2)17-15-18-13(11-5-6-11)8-14(19-15)16-9-12-4-3-7-20-12/h3-4,7-8,10-11H,5-6,9H2,1-2H3,(H2,16,17,18,19). The summed E-state index contributed by atoms with van der Waals surface area (Å²) < 4.78 is 0. The van der Waals surface area contributed by atoms with Gasteiger partial charge in [-0.3, -0.25) is 0 Å². The first kappa shape index (κ1) is 13.4. The molecule has 0 saturated heterocycles. The van der Waals surface area contributed by atoms with Gasteiger partial charge in [0, 0.05) is 22.9 Å². The van der Waals surface area contributed by atoms with E-state index in [1.807, 2.05) is 0 Å². The van der Waals surface area contributed by atoms with Crippen LogP contribution in [0.25, 0.3) is 0 Å². The first-order valence-electron chi connectivity index (χ1n) is 7.12. The van der Waals surface area contributed by atoms with Gasteiger partial charge in [0.15, 0.2) is 0 Å². The largest absolute Gasteiger partial charge is 0.365 e. The van der Waals surface area contributed by atoms with Gasteiger partial charge in [-0.2, -0.15) is 4.98 Å². The summed E-state index contributed by atoms with van der Waals surface area (Å²) in [5, 5.41) is 8.80. The second-order valence-corrected chi connectivity index (χ2v) is 6.54. The zero-order valence-electron chi connectivity index (χ0n) is 11.9. The average molecular weight is 288 g/mol. The molecule has 0 aliphatic heterocycles. The van der Waals surface area contributed by atoms with Crippen LogP contribution in [0.2, 0.25) is 0 Å². The highest BCUT2D eigenvalue weighted by molar-refractivity contribution is 7.09. The molecule has 1 fully saturated rings. The molecule has 4 nitrogen and oxygen atoms in total. The predicted octanol–water partition coefficient (Wildman–Crippen LogP) is 3.85. The Bertz CT molecular complexity index is 561. The molecule has 0 amide bonds. The van der Waals surface area contributed by atoms with Crippen LogP contribution in [0.1, 0.15) is 43.2 Å². The minimum absolute atomic E-state index is 0.342. The maximum Gasteiger partial charge on any atom is 0.225 e. The molecule has 0 bridgehead atoms. The van der Waals surface area contributed by atoms with Crippen molar-refractivity contribution < 1.29 is 0 Å². The lowest BCUT2D eigenvalue weighted by Gasteiger charge is -2.12. The Kier molecular flexibility index (Phi) is 3.87. The van der Waals surface area contributed by atoms with Gasteiger partial charge in [0.2, 0.25) is 5.95 Å². The number of hydrogen-bond donors (Lipinski definition) is 2. The van der Waals surface area contributed by atoms with E-state index in [1.165, 1.54) is 17.7 Å². The van der Waals surface area contributed by atoms with Gasteiger partial charge in [0.1, 0.15) is 5.82 Å². The molecule has 1 saturated carbocycles. The topological polar surface area (TPSA) is 49.8 Å². The van der Waals surface area contributed by atoms with E-state index >= 15 is 0 Å². The minimum atomic E-state index is 0.342. The molecule has 0 radical (unpaired) electrons. The Labute approximate surface area is 123 Å². The van der Waals surface area contributed by atoms with Crippen molar-refractivity contribution in [1.29, 1.82) is 0 Å². The van der Waals surface area contributed by atoms with Crippen molar-refractivity contribution in [2.24, 2.45) is 0 Å². The zero-order chi connectivity index (χ0) is 13.9. The van der Waals surface area contributed by atoms with Gasteiger partial charge in [-0.1, -0.05) is 6.07 Å². The first-order valence-corrected chi connectivity index (χ1v) is 8.00. The summed E-state index contributed by atoms with van der Waals surface area (Å²) in [5.41, 5.74) is 1.16. The molecule has 1 aliphatic carbocycles. The summed E-state index contributed by atoms with van der Waals surface area (Å²) in [6, 6.07) is 6.64. The molecular weight excluding hydrogens is 268 g/mol. The second-order valence-electron chi connectivity index (χ2n) is 5.51. The fourth-order valence-electron chi connectivity index (χ4n) is 2.06. The van der Waals surface area contributed by atoms with Crippen LogP contribution < -0.4 is 10.6 Å². The molecule has 1 aliphatic rings. The molecule has 0 aromatic carbocycles. The van der Waals surface area contributed by atoms with Crippen LogP contribution in [0.4, 0.5) is 11.8 Å². The number of hydrogen-bond acceptors (Lipinski definition) is 5. The van der Waals surface area contributed by atoms with Crippen molar-refractivity contribution in [3.05, 3.63) is 34.2 Å². The first-order chi connectivity index (χ1) is 9.70. The fraction of sp³-hybridized carbons (Fsp3) is 0.467. The van der Waals surface area contributed by atoms with Gasteiger partial charge in [0.25, 0.3) is 0 Å². The maximum atomic E-state index is 4.62. The Morgan fingerprint density at radius 3 is 2.85 bits per heavy atom. The molecule has 2 aromatic heterocycles. The molecule has 2 N–H and O–H groups in total. The highest BCUT2D eigenvalue weighted by Crippen LogP contribution is 2.39. The zero-order valence-corrected chi connectivity index (χ0v) is 12.7. The molecule has 2 aromatic rings. The average Bonchev–Trinajstić information content (AvgIpc) is 3.13. The molecule has 0 spiro atoms. The van der Waals surface area contributed by atoms with Crippen molar-refractivity contribution in [2.75, 3.05) is 10.6 Å². The van der Waals surface area contributed by atoms with E-state index in [2.05, 4.69) is 58.0 Å². The van der Waals surface area contributed by atoms with Crippen molar-refractivity contribution in [1.82, 2.24) is 9.97 Å². The second kappa shape index (κ2) is 5.79. The summed E-state index contributed by atoms with van der Waals surface area (Å²) >= 11 is 1.76. The summed E-state index contributed by atoms with van der Waals surface area (Å²) in [7, 11) is 0. The third-order valence-corrected chi connectivity index (χ3v) is 4.06. The van der Waals surface area contributed by atoms with Gasteiger partial charge in [-0.15, -0.1) is 11.3 Å². The summed E-state index contributed by atoms with van der Waals surface area (Å²) in [4.78, 5) is 10.5. The van der Waals surface area contributed by atoms with E-state index < -0.39 is 0 Å². The molecule has 106 valence electrons. The number of nitrogens with zero attached hydrogens (tertiary/aromatic N) is 2. The molecule has 0 unspecified atom stereocenters. The smallest absolute Gasteiger partial charge is 0.225 e. The molecule has 0 atom stereocenters. The SMILES string of the molecule is CC(C)Nc1nc(NCc2cccs2)cc(C2CC2)n1. The Morgan fingerprint density at radius 2 is 2.20 bits per heavy atom. The van der Waals surface area contributed by atoms with Crippen LogP contribution in [0.15, 0.2) is 23.6 Å². The lowest BCUT2D eigenvalue weighted by Crippen LogP contribution is -2.14. The molecule has 5 heteroatoms. The van der Waals surface area contributed by atoms with Crippen LogP contribution >= 0.6 is 11.3 Å². The molecule has 2 heterocycles. The number of aromatic nitrogens is 2. The third-order valence-electron chi connectivity index (χ3n) is 3.18. The van der Waals surface area contributed by atoms with Crippen LogP contribution in [0.5, 0.6) is 0 Å². The number of rotatable bonds is 6. The predicted molar refractivity (Wildman–Crippen MR) is 84.4 cm³/mol. The number of thiophene rings is 1. The quantitative estimate of drug-likeness (QED) is 0.847. The van der Waals surface area contributed by atoms with Gasteiger partial charge < -0.3 is 10.6 Å². The minimum Gasteiger partial charge on any atom is -0.365 e. The Balaban J connectivity index is 1.75. The van der Waals surface area contributed by atoms with Crippen molar-refractivity contribution in [3.8, 4) is 0 Å². The van der Waals surface area contributed by atoms with Crippen molar-refractivity contribution in [2.45, 2.75) is 45.2 Å². The maximum absolute atomic E-state index is 4.62. The lowest BCUT2D eigenvalue weighted by molar-refractivity contribution is 0.862. The highest BCUT2D eigenvalue weighted by Gasteiger charge is 2.26. The van der Waals surface area contributed by atoms with E-state index in [1.54, 1.807) is 11.3 Å². The number of anilines is 2. The van der Waals surface area contributed by atoms with Crippen LogP contribution in [-0.2, 0) is 6.54 Å². The van der Waals surface area contributed by atoms with Crippen molar-refractivity contribution in [3.63, 3.8) is 0 Å². The van der Waals surface area contributed by atoms with E-state index in [9.17, 15) is 0 Å². The highest BCUT2D eigenvalue weighted by atomic mass is 32.1. The summed E-state index contributed by atoms with van der Waals surface area (Å²) in [5.74, 6) is 2.28. The van der Waals surface area contributed by atoms with Crippen LogP contribution in [0.3, 0.4) is 0 Å². The lowest BCUT2D eigenvalue weighted by atomic mass is 10.2. The molecule has 3 rings (SSSR count). The monoisotopic (exact) mass is 288 g/mol. The van der Waals surface area contributed by atoms with Crippen LogP contribution in [-0.4, -0.2) is 16.0 Å². The van der Waals surface area contributed by atoms with E-state index in [0.717, 1.165) is 24.0 Å². The number of nitrogens with one attached hydrogen (secondary N) is 2.